The molecule has 1 heterocycles. The molecule has 0 spiro atoms. The maximum atomic E-state index is 12.2. The molecule has 0 N–H and O–H groups in total. The van der Waals surface area contributed by atoms with Gasteiger partial charge in [-0.15, -0.1) is 0 Å². The number of hydrogen-bond acceptors (Lipinski definition) is 2. The van der Waals surface area contributed by atoms with E-state index in [0.29, 0.717) is 13.1 Å². The van der Waals surface area contributed by atoms with Crippen molar-refractivity contribution in [3.8, 4) is 0 Å². The summed E-state index contributed by atoms with van der Waals surface area (Å²) in [5.41, 5.74) is -1.19. The van der Waals surface area contributed by atoms with Crippen LogP contribution in [-0.4, -0.2) is 37.1 Å². The molecule has 1 fully saturated rings. The normalized spacial score (nSPS) is 24.9. The van der Waals surface area contributed by atoms with Crippen LogP contribution in [0.3, 0.4) is 0 Å². The zero-order valence-corrected chi connectivity index (χ0v) is 7.64. The lowest BCUT2D eigenvalue weighted by Crippen LogP contribution is -2.64. The first-order chi connectivity index (χ1) is 4.60. The lowest BCUT2D eigenvalue weighted by atomic mass is 9.96. The van der Waals surface area contributed by atoms with E-state index >= 15 is 0 Å². The Morgan fingerprint density at radius 3 is 2.20 bits per heavy atom. The highest BCUT2D eigenvalue weighted by Crippen LogP contribution is 2.32. The van der Waals surface area contributed by atoms with Gasteiger partial charge in [0.2, 0.25) is 0 Å². The predicted molar refractivity (Wildman–Crippen MR) is 41.3 cm³/mol. The summed E-state index contributed by atoms with van der Waals surface area (Å²) in [5, 5.41) is 0. The highest BCUT2D eigenvalue weighted by Gasteiger charge is 2.50. The van der Waals surface area contributed by atoms with Crippen molar-refractivity contribution in [2.45, 2.75) is 12.0 Å². The van der Waals surface area contributed by atoms with E-state index in [-0.39, 0.29) is 0 Å². The van der Waals surface area contributed by atoms with Gasteiger partial charge in [-0.05, 0) is 7.05 Å². The van der Waals surface area contributed by atoms with Crippen LogP contribution in [0.15, 0.2) is 0 Å². The minimum absolute atomic E-state index is 0.327. The molecule has 0 radical (unpaired) electrons. The van der Waals surface area contributed by atoms with Crippen molar-refractivity contribution < 1.29 is 11.8 Å². The van der Waals surface area contributed by atoms with E-state index in [1.54, 1.807) is 11.9 Å². The molecule has 0 aromatic carbocycles. The highest BCUT2D eigenvalue weighted by atomic mass is 127. The first kappa shape index (κ1) is 8.61. The highest BCUT2D eigenvalue weighted by molar-refractivity contribution is 14.1. The minimum Gasteiger partial charge on any atom is -0.300 e. The van der Waals surface area contributed by atoms with Gasteiger partial charge >= 0.3 is 0 Å². The second-order valence-corrected chi connectivity index (χ2v) is 3.06. The van der Waals surface area contributed by atoms with Gasteiger partial charge in [0, 0.05) is 13.1 Å². The first-order valence-electron chi connectivity index (χ1n) is 2.87. The van der Waals surface area contributed by atoms with E-state index in [1.165, 1.54) is 23.0 Å². The summed E-state index contributed by atoms with van der Waals surface area (Å²) in [6.45, 7) is 0.654. The van der Waals surface area contributed by atoms with Crippen molar-refractivity contribution in [2.75, 3.05) is 20.1 Å². The lowest BCUT2D eigenvalue weighted by molar-refractivity contribution is -0.135. The monoisotopic (exact) mass is 263 g/mol. The summed E-state index contributed by atoms with van der Waals surface area (Å²) in [6.07, 6.45) is -2.37. The van der Waals surface area contributed by atoms with Gasteiger partial charge < -0.3 is 7.97 Å². The van der Waals surface area contributed by atoms with Crippen molar-refractivity contribution in [2.24, 2.45) is 0 Å². The van der Waals surface area contributed by atoms with Crippen molar-refractivity contribution in [3.63, 3.8) is 0 Å². The zero-order valence-electron chi connectivity index (χ0n) is 5.48. The molecule has 0 atom stereocenters. The molecule has 0 aromatic rings. The van der Waals surface area contributed by atoms with Gasteiger partial charge in [-0.3, -0.25) is 0 Å². The molecular weight excluding hydrogens is 255 g/mol. The molecule has 5 heteroatoms. The second-order valence-electron chi connectivity index (χ2n) is 2.61. The number of hydrogen-bond donors (Lipinski definition) is 0. The zero-order chi connectivity index (χ0) is 7.78. The standard InChI is InChI=1S/C5H8F2INO/c1-9-2-5(3-9,10-8)4(6)7/h4H,2-3H2,1H3. The van der Waals surface area contributed by atoms with E-state index in [2.05, 4.69) is 3.07 Å². The molecule has 1 aliphatic heterocycles. The van der Waals surface area contributed by atoms with Crippen LogP contribution in [0.1, 0.15) is 0 Å². The smallest absolute Gasteiger partial charge is 0.270 e. The van der Waals surface area contributed by atoms with Crippen LogP contribution in [0.5, 0.6) is 0 Å². The fourth-order valence-electron chi connectivity index (χ4n) is 1.09. The van der Waals surface area contributed by atoms with Crippen molar-refractivity contribution in [1.82, 2.24) is 4.90 Å². The third-order valence-electron chi connectivity index (χ3n) is 1.63. The number of halogens is 3. The SMILES string of the molecule is CN1CC(OI)(C(F)F)C1. The molecular formula is C5H8F2INO. The van der Waals surface area contributed by atoms with Crippen molar-refractivity contribution in [1.29, 1.82) is 0 Å². The van der Waals surface area contributed by atoms with Crippen LogP contribution in [0, 0.1) is 0 Å². The van der Waals surface area contributed by atoms with Gasteiger partial charge in [-0.1, -0.05) is 0 Å². The fraction of sp³-hybridized carbons (Fsp3) is 1.00. The summed E-state index contributed by atoms with van der Waals surface area (Å²) in [7, 11) is 1.79. The number of nitrogens with zero attached hydrogens (tertiary/aromatic N) is 1. The number of likely N-dealkylation sites (tertiary alicyclic amines) is 1. The third kappa shape index (κ3) is 1.26. The van der Waals surface area contributed by atoms with Crippen LogP contribution in [-0.2, 0) is 3.07 Å². The summed E-state index contributed by atoms with van der Waals surface area (Å²) >= 11 is 1.54. The lowest BCUT2D eigenvalue weighted by Gasteiger charge is -2.45. The summed E-state index contributed by atoms with van der Waals surface area (Å²) < 4.78 is 29.0. The summed E-state index contributed by atoms with van der Waals surface area (Å²) in [4.78, 5) is 1.80. The average Bonchev–Trinajstić information content (AvgIpc) is 1.79. The number of likely N-dealkylation sites (N-methyl/N-ethyl adjacent to an activating group) is 1. The van der Waals surface area contributed by atoms with Gasteiger partial charge in [0.15, 0.2) is 5.60 Å². The molecule has 0 aliphatic carbocycles. The maximum Gasteiger partial charge on any atom is 0.270 e. The van der Waals surface area contributed by atoms with E-state index in [4.69, 9.17) is 0 Å². The van der Waals surface area contributed by atoms with E-state index in [0.717, 1.165) is 0 Å². The molecule has 0 aromatic heterocycles. The Hall–Kier alpha value is 0.510. The minimum atomic E-state index is -2.37. The van der Waals surface area contributed by atoms with Gasteiger partial charge in [-0.25, -0.2) is 8.78 Å². The first-order valence-corrected chi connectivity index (χ1v) is 3.75. The van der Waals surface area contributed by atoms with Crippen LogP contribution in [0.25, 0.3) is 0 Å². The van der Waals surface area contributed by atoms with Crippen molar-refractivity contribution >= 4 is 23.0 Å². The fourth-order valence-corrected chi connectivity index (χ4v) is 1.56. The van der Waals surface area contributed by atoms with Gasteiger partial charge in [-0.2, -0.15) is 0 Å². The maximum absolute atomic E-state index is 12.2. The quantitative estimate of drug-likeness (QED) is 0.696. The topological polar surface area (TPSA) is 12.5 Å². The van der Waals surface area contributed by atoms with Crippen molar-refractivity contribution in [3.05, 3.63) is 0 Å². The van der Waals surface area contributed by atoms with E-state index < -0.39 is 12.0 Å². The number of alkyl halides is 2. The predicted octanol–water partition coefficient (Wildman–Crippen LogP) is 1.30. The van der Waals surface area contributed by atoms with E-state index in [1.807, 2.05) is 0 Å². The van der Waals surface area contributed by atoms with E-state index in [9.17, 15) is 8.78 Å². The molecule has 1 saturated heterocycles. The van der Waals surface area contributed by atoms with Crippen LogP contribution in [0.2, 0.25) is 0 Å². The Morgan fingerprint density at radius 1 is 1.60 bits per heavy atom. The van der Waals surface area contributed by atoms with Gasteiger partial charge in [0.05, 0.1) is 0 Å². The number of rotatable bonds is 2. The molecule has 60 valence electrons. The van der Waals surface area contributed by atoms with Crippen LogP contribution in [0.4, 0.5) is 8.78 Å². The molecule has 0 unspecified atom stereocenters. The molecule has 1 aliphatic rings. The van der Waals surface area contributed by atoms with Gasteiger partial charge in [0.25, 0.3) is 6.43 Å². The summed E-state index contributed by atoms with van der Waals surface area (Å²) in [6, 6.07) is 0. The Morgan fingerprint density at radius 2 is 2.10 bits per heavy atom. The third-order valence-corrected chi connectivity index (χ3v) is 2.50. The Bertz CT molecular complexity index is 127. The summed E-state index contributed by atoms with van der Waals surface area (Å²) in [5.74, 6) is 0. The molecule has 0 amide bonds. The van der Waals surface area contributed by atoms with Crippen LogP contribution < -0.4 is 0 Å². The molecule has 1 rings (SSSR count). The molecule has 2 nitrogen and oxygen atoms in total. The second kappa shape index (κ2) is 2.86. The molecule has 10 heavy (non-hydrogen) atoms. The Labute approximate surface area is 72.2 Å². The van der Waals surface area contributed by atoms with Gasteiger partial charge in [0.1, 0.15) is 23.0 Å². The molecule has 0 saturated carbocycles. The van der Waals surface area contributed by atoms with Crippen LogP contribution >= 0.6 is 23.0 Å². The Kier molecular flexibility index (Phi) is 2.46. The molecule has 0 bridgehead atoms. The largest absolute Gasteiger partial charge is 0.300 e. The average molecular weight is 263 g/mol. The Balaban J connectivity index is 2.48.